The van der Waals surface area contributed by atoms with E-state index in [1.807, 2.05) is 0 Å². The van der Waals surface area contributed by atoms with Gasteiger partial charge in [-0.15, -0.1) is 0 Å². The maximum absolute atomic E-state index is 6.16. The number of rotatable bonds is 3. The van der Waals surface area contributed by atoms with E-state index in [2.05, 4.69) is 10.1 Å². The first-order valence-electron chi connectivity index (χ1n) is 6.60. The van der Waals surface area contributed by atoms with Gasteiger partial charge >= 0.3 is 0 Å². The van der Waals surface area contributed by atoms with E-state index in [0.717, 1.165) is 25.7 Å². The number of hydrogen-bond acceptors (Lipinski definition) is 5. The number of nitrogens with zero attached hydrogens (tertiary/aromatic N) is 2. The molecular weight excluding hydrogens is 278 g/mol. The van der Waals surface area contributed by atoms with E-state index in [4.69, 9.17) is 26.6 Å². The molecule has 1 fully saturated rings. The first kappa shape index (κ1) is 13.4. The van der Waals surface area contributed by atoms with Gasteiger partial charge in [0.05, 0.1) is 10.6 Å². The summed E-state index contributed by atoms with van der Waals surface area (Å²) >= 11 is 6.16. The smallest absolute Gasteiger partial charge is 0.261 e. The molecule has 1 heterocycles. The van der Waals surface area contributed by atoms with Crippen LogP contribution in [0.4, 0.5) is 5.69 Å². The second kappa shape index (κ2) is 5.07. The molecule has 0 bridgehead atoms. The molecule has 5 nitrogen and oxygen atoms in total. The third-order valence-electron chi connectivity index (χ3n) is 3.90. The van der Waals surface area contributed by atoms with Gasteiger partial charge < -0.3 is 15.0 Å². The maximum atomic E-state index is 6.16. The second-order valence-corrected chi connectivity index (χ2v) is 5.44. The summed E-state index contributed by atoms with van der Waals surface area (Å²) in [6, 6.07) is 5.29. The van der Waals surface area contributed by atoms with Gasteiger partial charge in [0.25, 0.3) is 5.89 Å². The third-order valence-corrected chi connectivity index (χ3v) is 4.21. The Balaban J connectivity index is 2.02. The summed E-state index contributed by atoms with van der Waals surface area (Å²) in [7, 11) is 1.69. The summed E-state index contributed by atoms with van der Waals surface area (Å²) in [5.74, 6) is 0.915. The number of aromatic nitrogens is 2. The number of methoxy groups -OCH3 is 1. The molecule has 0 spiro atoms. The van der Waals surface area contributed by atoms with Gasteiger partial charge in [0.2, 0.25) is 5.82 Å². The van der Waals surface area contributed by atoms with Gasteiger partial charge in [-0.2, -0.15) is 4.98 Å². The standard InChI is InChI=1S/C14H16ClN3O2/c1-19-14(7-2-3-8-14)13-17-12(20-18-13)11-9(15)5-4-6-10(11)16/h4-6H,2-3,7-8,16H2,1H3. The number of ether oxygens (including phenoxy) is 1. The van der Waals surface area contributed by atoms with Gasteiger partial charge in [0.15, 0.2) is 0 Å². The minimum atomic E-state index is -0.433. The molecule has 1 aromatic carbocycles. The fourth-order valence-electron chi connectivity index (χ4n) is 2.74. The average molecular weight is 294 g/mol. The van der Waals surface area contributed by atoms with E-state index >= 15 is 0 Å². The van der Waals surface area contributed by atoms with Gasteiger partial charge in [-0.05, 0) is 37.8 Å². The molecule has 1 aliphatic carbocycles. The molecule has 3 rings (SSSR count). The minimum Gasteiger partial charge on any atom is -0.398 e. The summed E-state index contributed by atoms with van der Waals surface area (Å²) in [5.41, 5.74) is 6.61. The van der Waals surface area contributed by atoms with Crippen LogP contribution in [0.3, 0.4) is 0 Å². The van der Waals surface area contributed by atoms with Gasteiger partial charge in [0.1, 0.15) is 5.60 Å². The van der Waals surface area contributed by atoms with Crippen LogP contribution < -0.4 is 5.73 Å². The van der Waals surface area contributed by atoms with E-state index in [1.54, 1.807) is 25.3 Å². The van der Waals surface area contributed by atoms with Crippen LogP contribution in [-0.4, -0.2) is 17.3 Å². The van der Waals surface area contributed by atoms with Crippen LogP contribution in [0.25, 0.3) is 11.5 Å². The molecule has 0 saturated heterocycles. The number of hydrogen-bond donors (Lipinski definition) is 1. The zero-order chi connectivity index (χ0) is 14.2. The highest BCUT2D eigenvalue weighted by atomic mass is 35.5. The summed E-state index contributed by atoms with van der Waals surface area (Å²) in [5, 5.41) is 4.57. The number of nitrogens with two attached hydrogens (primary N) is 1. The quantitative estimate of drug-likeness (QED) is 0.878. The first-order valence-corrected chi connectivity index (χ1v) is 6.98. The fraction of sp³-hybridized carbons (Fsp3) is 0.429. The Morgan fingerprint density at radius 3 is 2.75 bits per heavy atom. The molecule has 0 atom stereocenters. The Morgan fingerprint density at radius 1 is 1.35 bits per heavy atom. The molecule has 6 heteroatoms. The van der Waals surface area contributed by atoms with Crippen molar-refractivity contribution in [2.75, 3.05) is 12.8 Å². The lowest BCUT2D eigenvalue weighted by Gasteiger charge is -2.22. The SMILES string of the molecule is COC1(c2noc(-c3c(N)cccc3Cl)n2)CCCC1. The predicted octanol–water partition coefficient (Wildman–Crippen LogP) is 3.39. The molecule has 0 amide bonds. The fourth-order valence-corrected chi connectivity index (χ4v) is 3.00. The average Bonchev–Trinajstić information content (AvgIpc) is 3.08. The number of nitrogen functional groups attached to an aromatic ring is 1. The van der Waals surface area contributed by atoms with Crippen molar-refractivity contribution in [1.82, 2.24) is 10.1 Å². The molecule has 2 aromatic rings. The zero-order valence-electron chi connectivity index (χ0n) is 11.2. The molecule has 0 radical (unpaired) electrons. The Hall–Kier alpha value is -1.59. The molecule has 106 valence electrons. The van der Waals surface area contributed by atoms with Gasteiger partial charge in [-0.25, -0.2) is 0 Å². The third kappa shape index (κ3) is 2.07. The second-order valence-electron chi connectivity index (χ2n) is 5.03. The lowest BCUT2D eigenvalue weighted by Crippen LogP contribution is -2.25. The van der Waals surface area contributed by atoms with Crippen LogP contribution in [0, 0.1) is 0 Å². The molecule has 20 heavy (non-hydrogen) atoms. The lowest BCUT2D eigenvalue weighted by molar-refractivity contribution is -0.0178. The number of anilines is 1. The zero-order valence-corrected chi connectivity index (χ0v) is 12.0. The van der Waals surface area contributed by atoms with Crippen LogP contribution in [0.5, 0.6) is 0 Å². The molecule has 0 unspecified atom stereocenters. The number of benzene rings is 1. The summed E-state index contributed by atoms with van der Waals surface area (Å²) in [6.45, 7) is 0. The summed E-state index contributed by atoms with van der Waals surface area (Å²) in [6.07, 6.45) is 4.01. The summed E-state index contributed by atoms with van der Waals surface area (Å²) in [4.78, 5) is 4.46. The highest BCUT2D eigenvalue weighted by molar-refractivity contribution is 6.33. The van der Waals surface area contributed by atoms with Crippen LogP contribution in [-0.2, 0) is 10.3 Å². The molecular formula is C14H16ClN3O2. The van der Waals surface area contributed by atoms with Crippen LogP contribution in [0.1, 0.15) is 31.5 Å². The number of halogens is 1. The lowest BCUT2D eigenvalue weighted by atomic mass is 10.0. The Bertz CT molecular complexity index is 600. The van der Waals surface area contributed by atoms with Crippen molar-refractivity contribution >= 4 is 17.3 Å². The van der Waals surface area contributed by atoms with Crippen LogP contribution in [0.15, 0.2) is 22.7 Å². The van der Waals surface area contributed by atoms with Crippen molar-refractivity contribution in [3.63, 3.8) is 0 Å². The largest absolute Gasteiger partial charge is 0.398 e. The van der Waals surface area contributed by atoms with E-state index in [-0.39, 0.29) is 0 Å². The van der Waals surface area contributed by atoms with Crippen molar-refractivity contribution in [2.45, 2.75) is 31.3 Å². The van der Waals surface area contributed by atoms with Gasteiger partial charge in [-0.1, -0.05) is 22.8 Å². The molecule has 2 N–H and O–H groups in total. The minimum absolute atomic E-state index is 0.339. The van der Waals surface area contributed by atoms with Crippen LogP contribution >= 0.6 is 11.6 Å². The van der Waals surface area contributed by atoms with E-state index in [1.165, 1.54) is 0 Å². The Labute approximate surface area is 122 Å². The van der Waals surface area contributed by atoms with Crippen molar-refractivity contribution in [2.24, 2.45) is 0 Å². The molecule has 1 aliphatic rings. The topological polar surface area (TPSA) is 74.2 Å². The summed E-state index contributed by atoms with van der Waals surface area (Å²) < 4.78 is 11.0. The van der Waals surface area contributed by atoms with Crippen molar-refractivity contribution < 1.29 is 9.26 Å². The highest BCUT2D eigenvalue weighted by Gasteiger charge is 2.40. The van der Waals surface area contributed by atoms with E-state index in [9.17, 15) is 0 Å². The molecule has 1 saturated carbocycles. The van der Waals surface area contributed by atoms with Gasteiger partial charge in [0, 0.05) is 12.8 Å². The first-order chi connectivity index (χ1) is 9.66. The van der Waals surface area contributed by atoms with Crippen molar-refractivity contribution in [1.29, 1.82) is 0 Å². The Kier molecular flexibility index (Phi) is 3.40. The van der Waals surface area contributed by atoms with Gasteiger partial charge in [-0.3, -0.25) is 0 Å². The Morgan fingerprint density at radius 2 is 2.10 bits per heavy atom. The normalized spacial score (nSPS) is 17.5. The van der Waals surface area contributed by atoms with Crippen molar-refractivity contribution in [3.8, 4) is 11.5 Å². The van der Waals surface area contributed by atoms with E-state index < -0.39 is 5.60 Å². The van der Waals surface area contributed by atoms with Crippen LogP contribution in [0.2, 0.25) is 5.02 Å². The molecule has 1 aromatic heterocycles. The highest BCUT2D eigenvalue weighted by Crippen LogP contribution is 2.41. The van der Waals surface area contributed by atoms with Crippen molar-refractivity contribution in [3.05, 3.63) is 29.0 Å². The molecule has 0 aliphatic heterocycles. The predicted molar refractivity (Wildman–Crippen MR) is 76.3 cm³/mol. The van der Waals surface area contributed by atoms with E-state index in [0.29, 0.717) is 28.0 Å². The maximum Gasteiger partial charge on any atom is 0.261 e. The monoisotopic (exact) mass is 293 g/mol.